The van der Waals surface area contributed by atoms with Crippen molar-refractivity contribution in [2.24, 2.45) is 5.73 Å². The molecule has 21 heavy (non-hydrogen) atoms. The van der Waals surface area contributed by atoms with Gasteiger partial charge in [0.05, 0.1) is 21.5 Å². The van der Waals surface area contributed by atoms with Gasteiger partial charge in [-0.05, 0) is 36.0 Å². The molecule has 0 saturated heterocycles. The van der Waals surface area contributed by atoms with Crippen molar-refractivity contribution >= 4 is 34.4 Å². The van der Waals surface area contributed by atoms with Gasteiger partial charge in [-0.25, -0.2) is 9.37 Å². The number of aromatic nitrogens is 2. The Morgan fingerprint density at radius 2 is 2.05 bits per heavy atom. The normalized spacial score (nSPS) is 10.9. The van der Waals surface area contributed by atoms with Crippen LogP contribution in [0.3, 0.4) is 0 Å². The molecular formula is C14H11FN4OS. The van der Waals surface area contributed by atoms with Gasteiger partial charge in [-0.15, -0.1) is 0 Å². The fraction of sp³-hybridized carbons (Fsp3) is 0. The van der Waals surface area contributed by atoms with Crippen molar-refractivity contribution in [2.75, 3.05) is 5.73 Å². The van der Waals surface area contributed by atoms with Crippen molar-refractivity contribution in [3.8, 4) is 0 Å². The van der Waals surface area contributed by atoms with Gasteiger partial charge in [0.2, 0.25) is 0 Å². The molecule has 0 bridgehead atoms. The van der Waals surface area contributed by atoms with Crippen LogP contribution in [0.25, 0.3) is 11.0 Å². The number of fused-ring (bicyclic) bond motifs is 1. The van der Waals surface area contributed by atoms with Crippen molar-refractivity contribution in [1.82, 2.24) is 9.97 Å². The number of para-hydroxylation sites is 2. The molecule has 0 aliphatic carbocycles. The van der Waals surface area contributed by atoms with Gasteiger partial charge in [-0.2, -0.15) is 0 Å². The smallest absolute Gasteiger partial charge is 0.250 e. The van der Waals surface area contributed by atoms with E-state index in [0.29, 0.717) is 5.16 Å². The first-order valence-electron chi connectivity index (χ1n) is 6.06. The lowest BCUT2D eigenvalue weighted by atomic mass is 10.1. The molecule has 5 nitrogen and oxygen atoms in total. The molecule has 0 aliphatic heterocycles. The average Bonchev–Trinajstić information content (AvgIpc) is 2.83. The van der Waals surface area contributed by atoms with E-state index in [1.165, 1.54) is 6.07 Å². The molecular weight excluding hydrogens is 291 g/mol. The van der Waals surface area contributed by atoms with Crippen LogP contribution in [0, 0.1) is 5.82 Å². The summed E-state index contributed by atoms with van der Waals surface area (Å²) in [7, 11) is 0. The second-order valence-corrected chi connectivity index (χ2v) is 5.43. The largest absolute Gasteiger partial charge is 0.398 e. The number of benzene rings is 2. The zero-order valence-electron chi connectivity index (χ0n) is 10.8. The standard InChI is InChI=1S/C14H11FN4OS/c15-8-6-9(16)7(13(17)20)5-12(8)21-14-18-10-3-1-2-4-11(10)19-14/h1-6H,16H2,(H2,17,20)(H,18,19). The summed E-state index contributed by atoms with van der Waals surface area (Å²) in [6.07, 6.45) is 0. The monoisotopic (exact) mass is 302 g/mol. The zero-order valence-corrected chi connectivity index (χ0v) is 11.6. The number of halogens is 1. The second kappa shape index (κ2) is 5.10. The zero-order chi connectivity index (χ0) is 15.0. The highest BCUT2D eigenvalue weighted by molar-refractivity contribution is 7.99. The van der Waals surface area contributed by atoms with Crippen LogP contribution < -0.4 is 11.5 Å². The number of nitrogens with two attached hydrogens (primary N) is 2. The Kier molecular flexibility index (Phi) is 3.26. The fourth-order valence-corrected chi connectivity index (χ4v) is 2.79. The molecule has 0 unspecified atom stereocenters. The molecule has 3 aromatic rings. The van der Waals surface area contributed by atoms with Crippen LogP contribution in [0.2, 0.25) is 0 Å². The maximum Gasteiger partial charge on any atom is 0.250 e. The lowest BCUT2D eigenvalue weighted by Crippen LogP contribution is -2.14. The molecule has 0 atom stereocenters. The minimum absolute atomic E-state index is 0.0222. The molecule has 1 amide bonds. The van der Waals surface area contributed by atoms with E-state index in [9.17, 15) is 9.18 Å². The maximum atomic E-state index is 13.9. The first-order chi connectivity index (χ1) is 10.0. The number of H-pyrrole nitrogens is 1. The Morgan fingerprint density at radius 1 is 1.29 bits per heavy atom. The van der Waals surface area contributed by atoms with E-state index >= 15 is 0 Å². The van der Waals surface area contributed by atoms with Crippen LogP contribution in [0.1, 0.15) is 10.4 Å². The number of rotatable bonds is 3. The van der Waals surface area contributed by atoms with Gasteiger partial charge in [-0.1, -0.05) is 12.1 Å². The number of anilines is 1. The number of aromatic amines is 1. The molecule has 2 aromatic carbocycles. The van der Waals surface area contributed by atoms with Crippen molar-refractivity contribution in [3.05, 3.63) is 47.8 Å². The quantitative estimate of drug-likeness (QED) is 0.647. The third-order valence-electron chi connectivity index (χ3n) is 2.94. The van der Waals surface area contributed by atoms with Crippen molar-refractivity contribution in [1.29, 1.82) is 0 Å². The number of nitrogens with zero attached hydrogens (tertiary/aromatic N) is 1. The highest BCUT2D eigenvalue weighted by Gasteiger charge is 2.14. The van der Waals surface area contributed by atoms with Crippen LogP contribution in [-0.4, -0.2) is 15.9 Å². The topological polar surface area (TPSA) is 97.8 Å². The first-order valence-corrected chi connectivity index (χ1v) is 6.87. The van der Waals surface area contributed by atoms with E-state index in [-0.39, 0.29) is 16.1 Å². The van der Waals surface area contributed by atoms with Crippen LogP contribution in [0.4, 0.5) is 10.1 Å². The van der Waals surface area contributed by atoms with Gasteiger partial charge in [0, 0.05) is 5.69 Å². The Labute approximate surface area is 123 Å². The van der Waals surface area contributed by atoms with Crippen LogP contribution in [0.15, 0.2) is 46.5 Å². The number of imidazole rings is 1. The summed E-state index contributed by atoms with van der Waals surface area (Å²) in [6, 6.07) is 9.90. The number of primary amides is 1. The number of nitrogens with one attached hydrogen (secondary N) is 1. The van der Waals surface area contributed by atoms with E-state index < -0.39 is 11.7 Å². The summed E-state index contributed by atoms with van der Waals surface area (Å²) >= 11 is 1.08. The molecule has 1 aromatic heterocycles. The minimum atomic E-state index is -0.695. The molecule has 0 fully saturated rings. The molecule has 1 heterocycles. The lowest BCUT2D eigenvalue weighted by molar-refractivity contribution is 0.100. The molecule has 3 rings (SSSR count). The lowest BCUT2D eigenvalue weighted by Gasteiger charge is -2.06. The van der Waals surface area contributed by atoms with E-state index in [1.54, 1.807) is 0 Å². The number of hydrogen-bond donors (Lipinski definition) is 3. The number of carbonyl (C=O) groups is 1. The number of nitrogen functional groups attached to an aromatic ring is 1. The van der Waals surface area contributed by atoms with E-state index in [2.05, 4.69) is 9.97 Å². The Hall–Kier alpha value is -2.54. The predicted octanol–water partition coefficient (Wildman–Crippen LogP) is 2.53. The third-order valence-corrected chi connectivity index (χ3v) is 3.86. The molecule has 7 heteroatoms. The second-order valence-electron chi connectivity index (χ2n) is 4.40. The van der Waals surface area contributed by atoms with Crippen molar-refractivity contribution in [3.63, 3.8) is 0 Å². The number of carbonyl (C=O) groups excluding carboxylic acids is 1. The van der Waals surface area contributed by atoms with E-state index in [1.807, 2.05) is 24.3 Å². The highest BCUT2D eigenvalue weighted by atomic mass is 32.2. The molecule has 0 aliphatic rings. The Bertz CT molecular complexity index is 813. The SMILES string of the molecule is NC(=O)c1cc(Sc2nc3ccccc3[nH]2)c(F)cc1N. The minimum Gasteiger partial charge on any atom is -0.398 e. The van der Waals surface area contributed by atoms with Gasteiger partial charge < -0.3 is 16.5 Å². The highest BCUT2D eigenvalue weighted by Crippen LogP contribution is 2.31. The van der Waals surface area contributed by atoms with Gasteiger partial charge in [0.25, 0.3) is 5.91 Å². The van der Waals surface area contributed by atoms with Crippen molar-refractivity contribution < 1.29 is 9.18 Å². The maximum absolute atomic E-state index is 13.9. The Balaban J connectivity index is 2.00. The van der Waals surface area contributed by atoms with Crippen LogP contribution in [0.5, 0.6) is 0 Å². The first kappa shape index (κ1) is 13.4. The number of amides is 1. The predicted molar refractivity (Wildman–Crippen MR) is 79.5 cm³/mol. The van der Waals surface area contributed by atoms with Gasteiger partial charge in [0.1, 0.15) is 5.82 Å². The fourth-order valence-electron chi connectivity index (χ4n) is 1.94. The van der Waals surface area contributed by atoms with Crippen LogP contribution >= 0.6 is 11.8 Å². The molecule has 5 N–H and O–H groups in total. The summed E-state index contributed by atoms with van der Waals surface area (Å²) in [6.45, 7) is 0. The Morgan fingerprint density at radius 3 is 2.76 bits per heavy atom. The number of hydrogen-bond acceptors (Lipinski definition) is 4. The van der Waals surface area contributed by atoms with Gasteiger partial charge in [-0.3, -0.25) is 4.79 Å². The third kappa shape index (κ3) is 2.55. The van der Waals surface area contributed by atoms with E-state index in [4.69, 9.17) is 11.5 Å². The summed E-state index contributed by atoms with van der Waals surface area (Å²) in [5.74, 6) is -1.22. The van der Waals surface area contributed by atoms with Crippen LogP contribution in [-0.2, 0) is 0 Å². The average molecular weight is 302 g/mol. The summed E-state index contributed by atoms with van der Waals surface area (Å²) in [5, 5.41) is 0.523. The van der Waals surface area contributed by atoms with E-state index in [0.717, 1.165) is 28.9 Å². The molecule has 0 radical (unpaired) electrons. The summed E-state index contributed by atoms with van der Waals surface area (Å²) in [4.78, 5) is 18.9. The summed E-state index contributed by atoms with van der Waals surface area (Å²) in [5.41, 5.74) is 12.5. The molecule has 106 valence electrons. The van der Waals surface area contributed by atoms with Gasteiger partial charge >= 0.3 is 0 Å². The molecule has 0 spiro atoms. The summed E-state index contributed by atoms with van der Waals surface area (Å²) < 4.78 is 13.9. The van der Waals surface area contributed by atoms with Gasteiger partial charge in [0.15, 0.2) is 5.16 Å². The molecule has 0 saturated carbocycles. The van der Waals surface area contributed by atoms with Crippen molar-refractivity contribution in [2.45, 2.75) is 10.1 Å².